The molecule has 0 saturated carbocycles. The molecule has 5 nitrogen and oxygen atoms in total. The summed E-state index contributed by atoms with van der Waals surface area (Å²) in [7, 11) is 0. The third-order valence-electron chi connectivity index (χ3n) is 2.21. The second-order valence-electron chi connectivity index (χ2n) is 5.04. The summed E-state index contributed by atoms with van der Waals surface area (Å²) in [6.07, 6.45) is 1.93. The number of alkyl carbamates (subject to hydrolysis) is 1. The minimum absolute atomic E-state index is 0.0359. The van der Waals surface area contributed by atoms with Crippen LogP contribution < -0.4 is 10.6 Å². The van der Waals surface area contributed by atoms with E-state index in [1.54, 1.807) is 0 Å². The fourth-order valence-electron chi connectivity index (χ4n) is 1.55. The van der Waals surface area contributed by atoms with Crippen molar-refractivity contribution in [1.29, 1.82) is 0 Å². The standard InChI is InChI=1S/C11H20N2O3/c1-11(2,3)16-10(15)12-7-8-5-4-6-9(14)13-8/h8H,4-7H2,1-3H3,(H,12,15)(H,13,14)/t8-/m1/s1. The predicted molar refractivity (Wildman–Crippen MR) is 60.0 cm³/mol. The molecule has 0 aliphatic carbocycles. The van der Waals surface area contributed by atoms with E-state index in [-0.39, 0.29) is 11.9 Å². The maximum absolute atomic E-state index is 11.3. The van der Waals surface area contributed by atoms with E-state index in [4.69, 9.17) is 4.74 Å². The van der Waals surface area contributed by atoms with Crippen LogP contribution in [0, 0.1) is 0 Å². The molecule has 2 N–H and O–H groups in total. The van der Waals surface area contributed by atoms with Crippen molar-refractivity contribution in [3.05, 3.63) is 0 Å². The van der Waals surface area contributed by atoms with Gasteiger partial charge in [-0.1, -0.05) is 0 Å². The molecule has 1 rings (SSSR count). The van der Waals surface area contributed by atoms with Gasteiger partial charge in [0.25, 0.3) is 0 Å². The van der Waals surface area contributed by atoms with E-state index in [0.29, 0.717) is 13.0 Å². The zero-order valence-electron chi connectivity index (χ0n) is 10.1. The first-order valence-electron chi connectivity index (χ1n) is 5.63. The third kappa shape index (κ3) is 5.00. The molecule has 1 fully saturated rings. The van der Waals surface area contributed by atoms with Crippen LogP contribution in [-0.2, 0) is 9.53 Å². The van der Waals surface area contributed by atoms with Gasteiger partial charge in [0.2, 0.25) is 5.91 Å². The molecule has 0 aromatic rings. The Hall–Kier alpha value is -1.26. The topological polar surface area (TPSA) is 67.4 Å². The highest BCUT2D eigenvalue weighted by Gasteiger charge is 2.20. The number of nitrogens with one attached hydrogen (secondary N) is 2. The molecule has 5 heteroatoms. The number of ether oxygens (including phenoxy) is 1. The van der Waals surface area contributed by atoms with Gasteiger partial charge in [-0.25, -0.2) is 4.79 Å². The molecule has 0 bridgehead atoms. The van der Waals surface area contributed by atoms with Crippen LogP contribution in [0.15, 0.2) is 0 Å². The molecule has 2 amide bonds. The first-order chi connectivity index (χ1) is 7.37. The zero-order chi connectivity index (χ0) is 12.2. The van der Waals surface area contributed by atoms with Gasteiger partial charge in [0, 0.05) is 19.0 Å². The molecule has 0 spiro atoms. The maximum Gasteiger partial charge on any atom is 0.407 e. The average molecular weight is 228 g/mol. The lowest BCUT2D eigenvalue weighted by Gasteiger charge is -2.25. The highest BCUT2D eigenvalue weighted by Crippen LogP contribution is 2.08. The Morgan fingerprint density at radius 1 is 1.56 bits per heavy atom. The van der Waals surface area contributed by atoms with E-state index >= 15 is 0 Å². The summed E-state index contributed by atoms with van der Waals surface area (Å²) in [5, 5.41) is 5.48. The molecule has 1 saturated heterocycles. The number of amides is 2. The van der Waals surface area contributed by atoms with Crippen LogP contribution in [0.25, 0.3) is 0 Å². The van der Waals surface area contributed by atoms with Gasteiger partial charge in [-0.15, -0.1) is 0 Å². The van der Waals surface area contributed by atoms with Crippen molar-refractivity contribution >= 4 is 12.0 Å². The van der Waals surface area contributed by atoms with Gasteiger partial charge in [0.1, 0.15) is 5.60 Å². The average Bonchev–Trinajstić information content (AvgIpc) is 2.12. The first kappa shape index (κ1) is 12.8. The Bertz CT molecular complexity index is 271. The molecule has 0 radical (unpaired) electrons. The van der Waals surface area contributed by atoms with Crippen molar-refractivity contribution < 1.29 is 14.3 Å². The van der Waals surface area contributed by atoms with E-state index in [9.17, 15) is 9.59 Å². The normalized spacial score (nSPS) is 21.2. The molecular weight excluding hydrogens is 208 g/mol. The SMILES string of the molecule is CC(C)(C)OC(=O)NC[C@H]1CCCC(=O)N1. The summed E-state index contributed by atoms with van der Waals surface area (Å²) in [5.74, 6) is 0.0576. The van der Waals surface area contributed by atoms with E-state index in [1.165, 1.54) is 0 Å². The fraction of sp³-hybridized carbons (Fsp3) is 0.818. The van der Waals surface area contributed by atoms with Crippen LogP contribution in [0.1, 0.15) is 40.0 Å². The molecular formula is C11H20N2O3. The molecule has 0 aromatic carbocycles. The lowest BCUT2D eigenvalue weighted by atomic mass is 10.0. The molecule has 92 valence electrons. The van der Waals surface area contributed by atoms with Crippen LogP contribution in [0.5, 0.6) is 0 Å². The predicted octanol–water partition coefficient (Wildman–Crippen LogP) is 1.18. The fourth-order valence-corrected chi connectivity index (χ4v) is 1.55. The van der Waals surface area contributed by atoms with Crippen LogP contribution >= 0.6 is 0 Å². The summed E-state index contributed by atoms with van der Waals surface area (Å²) in [4.78, 5) is 22.4. The summed E-state index contributed by atoms with van der Waals surface area (Å²) < 4.78 is 5.09. The van der Waals surface area contributed by atoms with Crippen LogP contribution in [0.2, 0.25) is 0 Å². The van der Waals surface area contributed by atoms with Crippen molar-refractivity contribution in [1.82, 2.24) is 10.6 Å². The number of carbonyl (C=O) groups is 2. The summed E-state index contributed by atoms with van der Waals surface area (Å²) in [6.45, 7) is 5.87. The van der Waals surface area contributed by atoms with Gasteiger partial charge >= 0.3 is 6.09 Å². The highest BCUT2D eigenvalue weighted by molar-refractivity contribution is 5.77. The number of hydrogen-bond acceptors (Lipinski definition) is 3. The van der Waals surface area contributed by atoms with E-state index in [2.05, 4.69) is 10.6 Å². The second-order valence-corrected chi connectivity index (χ2v) is 5.04. The molecule has 1 aliphatic heterocycles. The Labute approximate surface area is 95.9 Å². The Kier molecular flexibility index (Phi) is 4.15. The van der Waals surface area contributed by atoms with Gasteiger partial charge < -0.3 is 15.4 Å². The van der Waals surface area contributed by atoms with E-state index < -0.39 is 11.7 Å². The molecule has 0 aromatic heterocycles. The van der Waals surface area contributed by atoms with Crippen molar-refractivity contribution in [2.75, 3.05) is 6.54 Å². The Morgan fingerprint density at radius 3 is 2.81 bits per heavy atom. The summed E-state index contributed by atoms with van der Waals surface area (Å²) >= 11 is 0. The number of piperidine rings is 1. The van der Waals surface area contributed by atoms with Crippen molar-refractivity contribution in [3.63, 3.8) is 0 Å². The van der Waals surface area contributed by atoms with E-state index in [1.807, 2.05) is 20.8 Å². The van der Waals surface area contributed by atoms with E-state index in [0.717, 1.165) is 12.8 Å². The lowest BCUT2D eigenvalue weighted by Crippen LogP contribution is -2.47. The minimum Gasteiger partial charge on any atom is -0.444 e. The van der Waals surface area contributed by atoms with Gasteiger partial charge in [0.05, 0.1) is 0 Å². The van der Waals surface area contributed by atoms with Gasteiger partial charge in [-0.2, -0.15) is 0 Å². The van der Waals surface area contributed by atoms with Crippen LogP contribution in [0.3, 0.4) is 0 Å². The third-order valence-corrected chi connectivity index (χ3v) is 2.21. The zero-order valence-corrected chi connectivity index (χ0v) is 10.1. The molecule has 1 atom stereocenters. The van der Waals surface area contributed by atoms with Gasteiger partial charge in [-0.3, -0.25) is 4.79 Å². The largest absolute Gasteiger partial charge is 0.444 e. The maximum atomic E-state index is 11.3. The second kappa shape index (κ2) is 5.18. The molecule has 1 aliphatic rings. The van der Waals surface area contributed by atoms with Crippen LogP contribution in [0.4, 0.5) is 4.79 Å². The molecule has 16 heavy (non-hydrogen) atoms. The van der Waals surface area contributed by atoms with Gasteiger partial charge in [0.15, 0.2) is 0 Å². The lowest BCUT2D eigenvalue weighted by molar-refractivity contribution is -0.123. The summed E-state index contributed by atoms with van der Waals surface area (Å²) in [5.41, 5.74) is -0.486. The quantitative estimate of drug-likeness (QED) is 0.745. The van der Waals surface area contributed by atoms with Crippen LogP contribution in [-0.4, -0.2) is 30.2 Å². The molecule has 0 unspecified atom stereocenters. The van der Waals surface area contributed by atoms with Crippen molar-refractivity contribution in [2.45, 2.75) is 51.7 Å². The minimum atomic E-state index is -0.486. The smallest absolute Gasteiger partial charge is 0.407 e. The Balaban J connectivity index is 2.23. The summed E-state index contributed by atoms with van der Waals surface area (Å²) in [6, 6.07) is 0.0359. The number of rotatable bonds is 2. The highest BCUT2D eigenvalue weighted by atomic mass is 16.6. The Morgan fingerprint density at radius 2 is 2.25 bits per heavy atom. The molecule has 1 heterocycles. The number of hydrogen-bond donors (Lipinski definition) is 2. The first-order valence-corrected chi connectivity index (χ1v) is 5.63. The van der Waals surface area contributed by atoms with Crippen molar-refractivity contribution in [2.24, 2.45) is 0 Å². The van der Waals surface area contributed by atoms with Gasteiger partial charge in [-0.05, 0) is 33.6 Å². The number of carbonyl (C=O) groups excluding carboxylic acids is 2. The van der Waals surface area contributed by atoms with Crippen molar-refractivity contribution in [3.8, 4) is 0 Å². The monoisotopic (exact) mass is 228 g/mol.